The van der Waals surface area contributed by atoms with Gasteiger partial charge in [-0.2, -0.15) is 0 Å². The summed E-state index contributed by atoms with van der Waals surface area (Å²) in [4.78, 5) is 18.0. The molecule has 0 atom stereocenters. The van der Waals surface area contributed by atoms with Crippen molar-refractivity contribution in [3.63, 3.8) is 0 Å². The van der Waals surface area contributed by atoms with E-state index < -0.39 is 11.9 Å². The van der Waals surface area contributed by atoms with Gasteiger partial charge in [0, 0.05) is 26.0 Å². The number of hydrogen-bond acceptors (Lipinski definition) is 6. The number of hydrogen-bond donors (Lipinski definition) is 4. The molecule has 0 bridgehead atoms. The number of ether oxygens (including phenoxy) is 2. The topological polar surface area (TPSA) is 134 Å². The largest absolute Gasteiger partial charge is 0.504 e. The maximum absolute atomic E-state index is 9.23. The molecule has 0 saturated heterocycles. The zero-order chi connectivity index (χ0) is 16.3. The number of aliphatic carboxylic acids is 2. The van der Waals surface area contributed by atoms with Crippen molar-refractivity contribution in [3.05, 3.63) is 12.1 Å². The molecule has 0 aliphatic rings. The molecule has 0 unspecified atom stereocenters. The summed E-state index contributed by atoms with van der Waals surface area (Å²) >= 11 is 0. The highest BCUT2D eigenvalue weighted by Gasteiger charge is 2.08. The lowest BCUT2D eigenvalue weighted by Gasteiger charge is -2.07. The molecule has 4 N–H and O–H groups in total. The number of carbonyl (C=O) groups is 2. The molecule has 8 nitrogen and oxygen atoms in total. The second-order valence-electron chi connectivity index (χ2n) is 3.23. The number of methoxy groups -OCH3 is 2. The molecule has 0 spiro atoms. The molecule has 0 aliphatic heterocycles. The van der Waals surface area contributed by atoms with Crippen molar-refractivity contribution in [2.24, 2.45) is 0 Å². The summed E-state index contributed by atoms with van der Waals surface area (Å²) in [6.45, 7) is 2.17. The lowest BCUT2D eigenvalue weighted by atomic mass is 10.3. The third kappa shape index (κ3) is 10.5. The van der Waals surface area contributed by atoms with Gasteiger partial charge in [-0.15, -0.1) is 0 Å². The number of benzene rings is 1. The summed E-state index contributed by atoms with van der Waals surface area (Å²) in [5.41, 5.74) is 0. The molecule has 20 heavy (non-hydrogen) atoms. The average molecular weight is 290 g/mol. The van der Waals surface area contributed by atoms with Crippen LogP contribution in [0.5, 0.6) is 23.0 Å². The van der Waals surface area contributed by atoms with Gasteiger partial charge in [0.25, 0.3) is 11.9 Å². The van der Waals surface area contributed by atoms with E-state index >= 15 is 0 Å². The van der Waals surface area contributed by atoms with E-state index in [0.29, 0.717) is 0 Å². The normalized spacial score (nSPS) is 8.20. The monoisotopic (exact) mass is 290 g/mol. The highest BCUT2D eigenvalue weighted by molar-refractivity contribution is 5.63. The van der Waals surface area contributed by atoms with Crippen LogP contribution in [0.25, 0.3) is 0 Å². The zero-order valence-electron chi connectivity index (χ0n) is 11.6. The maximum atomic E-state index is 9.23. The van der Waals surface area contributed by atoms with Crippen LogP contribution in [0.1, 0.15) is 13.8 Å². The molecule has 1 aromatic rings. The summed E-state index contributed by atoms with van der Waals surface area (Å²) in [5, 5.41) is 33.3. The summed E-state index contributed by atoms with van der Waals surface area (Å²) in [6, 6.07) is 2.57. The van der Waals surface area contributed by atoms with E-state index in [2.05, 4.69) is 0 Å². The maximum Gasteiger partial charge on any atom is 0.300 e. The SMILES string of the molecule is CC(=O)O.CC(=O)O.COc1cc(O)c(OC)cc1O. The van der Waals surface area contributed by atoms with Crippen molar-refractivity contribution in [3.8, 4) is 23.0 Å². The molecule has 0 fully saturated rings. The molecule has 0 saturated carbocycles. The van der Waals surface area contributed by atoms with E-state index in [-0.39, 0.29) is 23.0 Å². The lowest BCUT2D eigenvalue weighted by molar-refractivity contribution is -0.135. The molecule has 114 valence electrons. The van der Waals surface area contributed by atoms with E-state index in [1.807, 2.05) is 0 Å². The molecule has 0 aromatic heterocycles. The van der Waals surface area contributed by atoms with E-state index in [1.54, 1.807) is 0 Å². The van der Waals surface area contributed by atoms with E-state index in [1.165, 1.54) is 26.4 Å². The Balaban J connectivity index is 0. The van der Waals surface area contributed by atoms with Gasteiger partial charge < -0.3 is 29.9 Å². The van der Waals surface area contributed by atoms with Gasteiger partial charge in [-0.05, 0) is 0 Å². The standard InChI is InChI=1S/C8H10O4.2C2H4O2/c1-11-7-3-6(10)8(12-2)4-5(7)9;2*1-2(3)4/h3-4,9-10H,1-2H3;2*1H3,(H,3,4). The fourth-order valence-electron chi connectivity index (χ4n) is 0.865. The molecule has 0 heterocycles. The number of aromatic hydroxyl groups is 2. The van der Waals surface area contributed by atoms with Crippen LogP contribution in [-0.4, -0.2) is 46.6 Å². The van der Waals surface area contributed by atoms with Crippen molar-refractivity contribution >= 4 is 11.9 Å². The smallest absolute Gasteiger partial charge is 0.300 e. The summed E-state index contributed by atoms with van der Waals surface area (Å²) in [5.74, 6) is -1.36. The Morgan fingerprint density at radius 3 is 1.20 bits per heavy atom. The minimum Gasteiger partial charge on any atom is -0.504 e. The molecule has 0 aliphatic carbocycles. The summed E-state index contributed by atoms with van der Waals surface area (Å²) in [6.07, 6.45) is 0. The van der Waals surface area contributed by atoms with Crippen LogP contribution in [-0.2, 0) is 9.59 Å². The number of rotatable bonds is 2. The van der Waals surface area contributed by atoms with Gasteiger partial charge in [0.1, 0.15) is 0 Å². The molecule has 0 amide bonds. The van der Waals surface area contributed by atoms with Crippen LogP contribution < -0.4 is 9.47 Å². The molecule has 8 heteroatoms. The van der Waals surface area contributed by atoms with Crippen LogP contribution in [0.15, 0.2) is 12.1 Å². The number of carboxylic acid groups (broad SMARTS) is 2. The van der Waals surface area contributed by atoms with Gasteiger partial charge in [0.15, 0.2) is 23.0 Å². The Kier molecular flexibility index (Phi) is 10.1. The van der Waals surface area contributed by atoms with Crippen molar-refractivity contribution in [2.75, 3.05) is 14.2 Å². The van der Waals surface area contributed by atoms with Crippen LogP contribution in [0.3, 0.4) is 0 Å². The molecule has 1 rings (SSSR count). The molecule has 1 aromatic carbocycles. The third-order valence-corrected chi connectivity index (χ3v) is 1.48. The van der Waals surface area contributed by atoms with E-state index in [4.69, 9.17) is 29.3 Å². The van der Waals surface area contributed by atoms with Gasteiger partial charge in [-0.1, -0.05) is 0 Å². The van der Waals surface area contributed by atoms with E-state index in [0.717, 1.165) is 13.8 Å². The predicted molar refractivity (Wildman–Crippen MR) is 69.5 cm³/mol. The van der Waals surface area contributed by atoms with Crippen LogP contribution >= 0.6 is 0 Å². The van der Waals surface area contributed by atoms with E-state index in [9.17, 15) is 10.2 Å². The Hall–Kier alpha value is -2.64. The summed E-state index contributed by atoms with van der Waals surface area (Å²) < 4.78 is 9.52. The highest BCUT2D eigenvalue weighted by atomic mass is 16.5. The quantitative estimate of drug-likeness (QED) is 0.599. The first-order valence-corrected chi connectivity index (χ1v) is 5.18. The first-order chi connectivity index (χ1) is 9.15. The van der Waals surface area contributed by atoms with Gasteiger partial charge in [0.2, 0.25) is 0 Å². The Morgan fingerprint density at radius 2 is 1.05 bits per heavy atom. The fourth-order valence-corrected chi connectivity index (χ4v) is 0.865. The molecule has 0 radical (unpaired) electrons. The lowest BCUT2D eigenvalue weighted by Crippen LogP contribution is -1.87. The number of carboxylic acids is 2. The number of phenols is 2. The van der Waals surface area contributed by atoms with Crippen molar-refractivity contribution in [2.45, 2.75) is 13.8 Å². The molecular formula is C12H18O8. The first kappa shape index (κ1) is 19.7. The second kappa shape index (κ2) is 10.3. The second-order valence-corrected chi connectivity index (χ2v) is 3.23. The van der Waals surface area contributed by atoms with Crippen LogP contribution in [0, 0.1) is 0 Å². The third-order valence-electron chi connectivity index (χ3n) is 1.48. The Morgan fingerprint density at radius 1 is 0.850 bits per heavy atom. The fraction of sp³-hybridized carbons (Fsp3) is 0.333. The minimum absolute atomic E-state index is 0.0628. The van der Waals surface area contributed by atoms with Gasteiger partial charge >= 0.3 is 0 Å². The first-order valence-electron chi connectivity index (χ1n) is 5.18. The summed E-state index contributed by atoms with van der Waals surface area (Å²) in [7, 11) is 2.81. The van der Waals surface area contributed by atoms with Crippen molar-refractivity contribution < 1.29 is 39.5 Å². The van der Waals surface area contributed by atoms with Crippen molar-refractivity contribution in [1.29, 1.82) is 0 Å². The van der Waals surface area contributed by atoms with Crippen LogP contribution in [0.2, 0.25) is 0 Å². The highest BCUT2D eigenvalue weighted by Crippen LogP contribution is 2.37. The number of phenolic OH excluding ortho intramolecular Hbond substituents is 2. The minimum atomic E-state index is -0.833. The van der Waals surface area contributed by atoms with Crippen molar-refractivity contribution in [1.82, 2.24) is 0 Å². The Bertz CT molecular complexity index is 392. The predicted octanol–water partition coefficient (Wildman–Crippen LogP) is 1.30. The van der Waals surface area contributed by atoms with Gasteiger partial charge in [-0.25, -0.2) is 0 Å². The molecular weight excluding hydrogens is 272 g/mol. The zero-order valence-corrected chi connectivity index (χ0v) is 11.6. The van der Waals surface area contributed by atoms with Gasteiger partial charge in [0.05, 0.1) is 14.2 Å². The van der Waals surface area contributed by atoms with Gasteiger partial charge in [-0.3, -0.25) is 9.59 Å². The Labute approximate surface area is 115 Å². The average Bonchev–Trinajstić information content (AvgIpc) is 2.30. The van der Waals surface area contributed by atoms with Crippen LogP contribution in [0.4, 0.5) is 0 Å².